The van der Waals surface area contributed by atoms with Gasteiger partial charge in [-0.2, -0.15) is 0 Å². The summed E-state index contributed by atoms with van der Waals surface area (Å²) in [6, 6.07) is 20.7. The maximum Gasteiger partial charge on any atom is 0.170 e. The Hall–Kier alpha value is -3.26. The highest BCUT2D eigenvalue weighted by molar-refractivity contribution is 5.58. The van der Waals surface area contributed by atoms with Crippen molar-refractivity contribution in [3.63, 3.8) is 0 Å². The SMILES string of the molecule is COc1ccc(C2CCc3cc(O)ccc3C2)c(NCCc2ccc(OCCN3CCC4(CC3)OCCO4)cc2)c1. The van der Waals surface area contributed by atoms with Crippen LogP contribution in [0.1, 0.15) is 47.4 Å². The summed E-state index contributed by atoms with van der Waals surface area (Å²) in [4.78, 5) is 2.43. The number of rotatable bonds is 10. The smallest absolute Gasteiger partial charge is 0.170 e. The first-order valence-corrected chi connectivity index (χ1v) is 15.0. The van der Waals surface area contributed by atoms with E-state index in [1.807, 2.05) is 6.07 Å². The van der Waals surface area contributed by atoms with Gasteiger partial charge in [-0.1, -0.05) is 24.3 Å². The van der Waals surface area contributed by atoms with Crippen molar-refractivity contribution in [1.82, 2.24) is 4.90 Å². The number of ether oxygens (including phenoxy) is 4. The van der Waals surface area contributed by atoms with Gasteiger partial charge in [0, 0.05) is 50.8 Å². The number of nitrogens with one attached hydrogen (secondary N) is 1. The molecule has 1 atom stereocenters. The lowest BCUT2D eigenvalue weighted by molar-refractivity contribution is -0.185. The van der Waals surface area contributed by atoms with E-state index in [1.165, 1.54) is 22.3 Å². The van der Waals surface area contributed by atoms with E-state index in [2.05, 4.69) is 58.7 Å². The van der Waals surface area contributed by atoms with Crippen LogP contribution in [0.2, 0.25) is 0 Å². The Balaban J connectivity index is 0.982. The quantitative estimate of drug-likeness (QED) is 0.338. The average molecular weight is 559 g/mol. The van der Waals surface area contributed by atoms with Gasteiger partial charge in [-0.05, 0) is 84.2 Å². The van der Waals surface area contributed by atoms with Gasteiger partial charge < -0.3 is 29.4 Å². The maximum absolute atomic E-state index is 9.86. The van der Waals surface area contributed by atoms with Crippen LogP contribution < -0.4 is 14.8 Å². The fourth-order valence-electron chi connectivity index (χ4n) is 6.47. The van der Waals surface area contributed by atoms with Crippen LogP contribution in [-0.4, -0.2) is 68.9 Å². The van der Waals surface area contributed by atoms with Gasteiger partial charge in [-0.3, -0.25) is 4.90 Å². The van der Waals surface area contributed by atoms with E-state index in [0.717, 1.165) is 95.1 Å². The van der Waals surface area contributed by atoms with E-state index in [1.54, 1.807) is 13.2 Å². The maximum atomic E-state index is 9.86. The fraction of sp³-hybridized carbons (Fsp3) is 0.471. The first kappa shape index (κ1) is 27.9. The van der Waals surface area contributed by atoms with Crippen LogP contribution in [-0.2, 0) is 28.7 Å². The summed E-state index contributed by atoms with van der Waals surface area (Å²) in [5, 5.41) is 13.6. The molecule has 0 bridgehead atoms. The lowest BCUT2D eigenvalue weighted by Gasteiger charge is -2.37. The number of phenolic OH excluding ortho intramolecular Hbond substituents is 1. The van der Waals surface area contributed by atoms with Crippen molar-refractivity contribution in [2.45, 2.75) is 50.2 Å². The van der Waals surface area contributed by atoms with Gasteiger partial charge in [0.25, 0.3) is 0 Å². The highest BCUT2D eigenvalue weighted by Crippen LogP contribution is 2.38. The molecule has 7 heteroatoms. The highest BCUT2D eigenvalue weighted by Gasteiger charge is 2.39. The zero-order valence-corrected chi connectivity index (χ0v) is 24.1. The molecule has 6 rings (SSSR count). The largest absolute Gasteiger partial charge is 0.508 e. The molecule has 3 aliphatic rings. The molecule has 41 heavy (non-hydrogen) atoms. The Kier molecular flexibility index (Phi) is 8.65. The van der Waals surface area contributed by atoms with Crippen molar-refractivity contribution in [2.24, 2.45) is 0 Å². The second-order valence-corrected chi connectivity index (χ2v) is 11.5. The molecular formula is C34H42N2O5. The van der Waals surface area contributed by atoms with Gasteiger partial charge in [-0.25, -0.2) is 0 Å². The summed E-state index contributed by atoms with van der Waals surface area (Å²) < 4.78 is 23.2. The first-order chi connectivity index (χ1) is 20.1. The van der Waals surface area contributed by atoms with E-state index in [-0.39, 0.29) is 5.79 Å². The molecule has 1 spiro atoms. The van der Waals surface area contributed by atoms with E-state index in [9.17, 15) is 5.11 Å². The highest BCUT2D eigenvalue weighted by atomic mass is 16.7. The number of hydrogen-bond acceptors (Lipinski definition) is 7. The van der Waals surface area contributed by atoms with Gasteiger partial charge in [0.2, 0.25) is 0 Å². The standard InChI is InChI=1S/C34H42N2O5/c1-38-31-10-11-32(28-5-4-27-23-29(37)7-6-26(27)22-28)33(24-31)35-15-12-25-2-8-30(9-3-25)39-19-18-36-16-13-34(14-17-36)40-20-21-41-34/h2-3,6-11,23-24,28,35,37H,4-5,12-22H2,1H3. The molecule has 1 unspecified atom stereocenters. The van der Waals surface area contributed by atoms with Crippen molar-refractivity contribution >= 4 is 5.69 Å². The minimum Gasteiger partial charge on any atom is -0.508 e. The number of fused-ring (bicyclic) bond motifs is 1. The molecule has 218 valence electrons. The van der Waals surface area contributed by atoms with Crippen LogP contribution >= 0.6 is 0 Å². The van der Waals surface area contributed by atoms with Crippen molar-refractivity contribution < 1.29 is 24.1 Å². The summed E-state index contributed by atoms with van der Waals surface area (Å²) in [6.07, 6.45) is 5.83. The number of piperidine rings is 1. The fourth-order valence-corrected chi connectivity index (χ4v) is 6.47. The van der Waals surface area contributed by atoms with Crippen LogP contribution in [0, 0.1) is 0 Å². The molecule has 3 aromatic rings. The summed E-state index contributed by atoms with van der Waals surface area (Å²) in [5.41, 5.74) is 6.36. The van der Waals surface area contributed by atoms with Crippen molar-refractivity contribution in [3.8, 4) is 17.2 Å². The molecule has 0 aromatic heterocycles. The molecule has 3 aromatic carbocycles. The van der Waals surface area contributed by atoms with E-state index in [0.29, 0.717) is 18.3 Å². The molecule has 0 saturated carbocycles. The van der Waals surface area contributed by atoms with Crippen molar-refractivity contribution in [1.29, 1.82) is 0 Å². The minimum atomic E-state index is -0.316. The second kappa shape index (κ2) is 12.7. The number of anilines is 1. The molecule has 1 aliphatic carbocycles. The third-order valence-electron chi connectivity index (χ3n) is 8.88. The van der Waals surface area contributed by atoms with E-state index >= 15 is 0 Å². The molecule has 2 saturated heterocycles. The number of nitrogens with zero attached hydrogens (tertiary/aromatic N) is 1. The number of benzene rings is 3. The molecular weight excluding hydrogens is 516 g/mol. The van der Waals surface area contributed by atoms with Crippen LogP contribution in [0.3, 0.4) is 0 Å². The number of methoxy groups -OCH3 is 1. The van der Waals surface area contributed by atoms with Gasteiger partial charge in [-0.15, -0.1) is 0 Å². The lowest BCUT2D eigenvalue weighted by atomic mass is 9.79. The second-order valence-electron chi connectivity index (χ2n) is 11.5. The zero-order valence-electron chi connectivity index (χ0n) is 24.1. The third-order valence-corrected chi connectivity index (χ3v) is 8.88. The monoisotopic (exact) mass is 558 g/mol. The van der Waals surface area contributed by atoms with Crippen LogP contribution in [0.25, 0.3) is 0 Å². The average Bonchev–Trinajstić information content (AvgIpc) is 3.46. The zero-order chi connectivity index (χ0) is 28.1. The van der Waals surface area contributed by atoms with E-state index < -0.39 is 0 Å². The summed E-state index contributed by atoms with van der Waals surface area (Å²) in [5.74, 6) is 2.26. The molecule has 0 amide bonds. The Morgan fingerprint density at radius 3 is 2.51 bits per heavy atom. The van der Waals surface area contributed by atoms with Gasteiger partial charge in [0.15, 0.2) is 5.79 Å². The Labute approximate surface area is 243 Å². The number of phenols is 1. The summed E-state index contributed by atoms with van der Waals surface area (Å²) in [7, 11) is 1.72. The molecule has 2 fully saturated rings. The third kappa shape index (κ3) is 6.80. The molecule has 0 radical (unpaired) electrons. The van der Waals surface area contributed by atoms with Crippen molar-refractivity contribution in [2.75, 3.05) is 58.4 Å². The van der Waals surface area contributed by atoms with Gasteiger partial charge in [0.1, 0.15) is 23.9 Å². The predicted octanol–water partition coefficient (Wildman–Crippen LogP) is 5.55. The van der Waals surface area contributed by atoms with Crippen LogP contribution in [0.15, 0.2) is 60.7 Å². The number of aromatic hydroxyl groups is 1. The van der Waals surface area contributed by atoms with Gasteiger partial charge >= 0.3 is 0 Å². The Morgan fingerprint density at radius 2 is 1.73 bits per heavy atom. The Bertz CT molecular complexity index is 1290. The molecule has 2 heterocycles. The van der Waals surface area contributed by atoms with Crippen LogP contribution in [0.5, 0.6) is 17.2 Å². The summed E-state index contributed by atoms with van der Waals surface area (Å²) in [6.45, 7) is 5.86. The predicted molar refractivity (Wildman–Crippen MR) is 160 cm³/mol. The molecule has 7 nitrogen and oxygen atoms in total. The molecule has 2 N–H and O–H groups in total. The molecule has 2 aliphatic heterocycles. The van der Waals surface area contributed by atoms with Crippen LogP contribution in [0.4, 0.5) is 5.69 Å². The normalized spacial score (nSPS) is 20.1. The topological polar surface area (TPSA) is 72.4 Å². The first-order valence-electron chi connectivity index (χ1n) is 15.0. The number of aryl methyl sites for hydroxylation is 1. The number of likely N-dealkylation sites (tertiary alicyclic amines) is 1. The number of hydrogen-bond donors (Lipinski definition) is 2. The van der Waals surface area contributed by atoms with Gasteiger partial charge in [0.05, 0.1) is 20.3 Å². The minimum absolute atomic E-state index is 0.316. The van der Waals surface area contributed by atoms with Crippen molar-refractivity contribution in [3.05, 3.63) is 82.9 Å². The van der Waals surface area contributed by atoms with E-state index in [4.69, 9.17) is 18.9 Å². The summed E-state index contributed by atoms with van der Waals surface area (Å²) >= 11 is 0. The Morgan fingerprint density at radius 1 is 0.951 bits per heavy atom. The lowest BCUT2D eigenvalue weighted by Crippen LogP contribution is -2.46.